The lowest BCUT2D eigenvalue weighted by molar-refractivity contribution is -0.111. The molecule has 2 rings (SSSR count). The zero-order valence-corrected chi connectivity index (χ0v) is 8.51. The van der Waals surface area contributed by atoms with Crippen molar-refractivity contribution in [3.63, 3.8) is 0 Å². The van der Waals surface area contributed by atoms with Crippen molar-refractivity contribution in [2.24, 2.45) is 10.2 Å². The average Bonchev–Trinajstić information content (AvgIpc) is 2.30. The molecule has 0 atom stereocenters. The van der Waals surface area contributed by atoms with E-state index in [1.54, 1.807) is 12.2 Å². The van der Waals surface area contributed by atoms with Crippen LogP contribution in [0.2, 0.25) is 0 Å². The molecule has 0 saturated carbocycles. The van der Waals surface area contributed by atoms with E-state index in [4.69, 9.17) is 9.31 Å². The molecule has 0 spiro atoms. The van der Waals surface area contributed by atoms with E-state index in [-0.39, 0.29) is 37.7 Å². The van der Waals surface area contributed by atoms with Crippen molar-refractivity contribution in [2.45, 2.75) is 0 Å². The first kappa shape index (κ1) is 11.0. The molecule has 2 heterocycles. The van der Waals surface area contributed by atoms with Gasteiger partial charge in [-0.1, -0.05) is 0 Å². The van der Waals surface area contributed by atoms with Crippen molar-refractivity contribution in [3.05, 3.63) is 23.5 Å². The van der Waals surface area contributed by atoms with E-state index in [1.165, 1.54) is 0 Å². The topological polar surface area (TPSA) is 77.3 Å². The average molecular weight is 218 g/mol. The van der Waals surface area contributed by atoms with Gasteiger partial charge in [-0.15, -0.1) is 10.2 Å². The Morgan fingerprint density at radius 3 is 1.75 bits per heavy atom. The Bertz CT molecular complexity index is 378. The van der Waals surface area contributed by atoms with Crippen LogP contribution in [0.25, 0.3) is 0 Å². The van der Waals surface area contributed by atoms with Gasteiger partial charge in [-0.3, -0.25) is 0 Å². The molecular weight excluding hydrogens is 210 g/mol. The molecule has 80 valence electrons. The molecule has 0 radical (unpaired) electrons. The maximum atomic E-state index is 11.3. The van der Waals surface area contributed by atoms with E-state index in [9.17, 15) is 9.59 Å². The van der Waals surface area contributed by atoms with Gasteiger partial charge in [-0.25, -0.2) is 0 Å². The lowest BCUT2D eigenvalue weighted by atomic mass is 9.88. The largest absolute Gasteiger partial charge is 0.427 e. The lowest BCUT2D eigenvalue weighted by Crippen LogP contribution is -2.21. The number of rotatable bonds is 2. The first-order chi connectivity index (χ1) is 7.77. The van der Waals surface area contributed by atoms with Crippen molar-refractivity contribution in [1.82, 2.24) is 0 Å². The predicted molar refractivity (Wildman–Crippen MR) is 57.2 cm³/mol. The van der Waals surface area contributed by atoms with Gasteiger partial charge in [-0.05, 0) is 12.2 Å². The number of hydrogen-bond acceptors (Lipinski definition) is 6. The van der Waals surface area contributed by atoms with Gasteiger partial charge < -0.3 is 18.9 Å². The fraction of sp³-hybridized carbons (Fsp3) is 0.250. The number of carbonyl (C=O) groups is 2. The Labute approximate surface area is 92.9 Å². The van der Waals surface area contributed by atoms with Gasteiger partial charge in [0, 0.05) is 0 Å². The van der Waals surface area contributed by atoms with Crippen molar-refractivity contribution in [2.75, 3.05) is 13.2 Å². The molecule has 0 aliphatic carbocycles. The highest BCUT2D eigenvalue weighted by molar-refractivity contribution is 6.73. The van der Waals surface area contributed by atoms with Crippen LogP contribution in [0.3, 0.4) is 0 Å². The quantitative estimate of drug-likeness (QED) is 0.440. The molecule has 0 aromatic carbocycles. The number of azo groups is 1. The van der Waals surface area contributed by atoms with Crippen LogP contribution in [-0.4, -0.2) is 39.5 Å². The molecule has 0 aromatic heterocycles. The van der Waals surface area contributed by atoms with Crippen LogP contribution in [0.1, 0.15) is 0 Å². The highest BCUT2D eigenvalue weighted by atomic mass is 16.4. The van der Waals surface area contributed by atoms with Crippen LogP contribution < -0.4 is 0 Å². The molecule has 0 bridgehead atoms. The van der Waals surface area contributed by atoms with E-state index in [1.807, 2.05) is 0 Å². The Kier molecular flexibility index (Phi) is 3.43. The smallest absolute Gasteiger partial charge is 0.360 e. The summed E-state index contributed by atoms with van der Waals surface area (Å²) in [4.78, 5) is 22.5. The van der Waals surface area contributed by atoms with Crippen LogP contribution in [0.4, 0.5) is 0 Å². The molecule has 0 N–H and O–H groups in total. The highest BCUT2D eigenvalue weighted by Crippen LogP contribution is 2.09. The van der Waals surface area contributed by atoms with Crippen molar-refractivity contribution in [3.8, 4) is 0 Å². The third-order valence-corrected chi connectivity index (χ3v) is 2.09. The Morgan fingerprint density at radius 1 is 0.938 bits per heavy atom. The summed E-state index contributed by atoms with van der Waals surface area (Å²) in [5.74, 6) is 0. The summed E-state index contributed by atoms with van der Waals surface area (Å²) in [5.41, 5.74) is 0.0306. The second kappa shape index (κ2) is 5.00. The van der Waals surface area contributed by atoms with Gasteiger partial charge in [0.25, 0.3) is 0 Å². The third kappa shape index (κ3) is 2.53. The van der Waals surface area contributed by atoms with Crippen molar-refractivity contribution in [1.29, 1.82) is 0 Å². The van der Waals surface area contributed by atoms with Gasteiger partial charge in [0.1, 0.15) is 11.4 Å². The molecule has 8 heteroatoms. The maximum absolute atomic E-state index is 11.3. The normalized spacial score (nSPS) is 21.2. The maximum Gasteiger partial charge on any atom is 0.360 e. The zero-order valence-electron chi connectivity index (χ0n) is 8.51. The molecule has 0 unspecified atom stereocenters. The molecule has 0 saturated heterocycles. The Hall–Kier alpha value is -1.53. The number of carbonyl (C=O) groups excluding carboxylic acids is 2. The van der Waals surface area contributed by atoms with Crippen molar-refractivity contribution >= 4 is 26.3 Å². The monoisotopic (exact) mass is 218 g/mol. The van der Waals surface area contributed by atoms with Crippen LogP contribution in [0.15, 0.2) is 33.8 Å². The summed E-state index contributed by atoms with van der Waals surface area (Å²) in [6, 6.07) is 0. The Balaban J connectivity index is 2.08. The first-order valence-corrected chi connectivity index (χ1v) is 4.81. The summed E-state index contributed by atoms with van der Waals surface area (Å²) in [7, 11) is 0.0297. The van der Waals surface area contributed by atoms with Gasteiger partial charge in [-0.2, -0.15) is 0 Å². The fourth-order valence-electron chi connectivity index (χ4n) is 1.26. The van der Waals surface area contributed by atoms with Gasteiger partial charge in [0.05, 0.1) is 13.2 Å². The van der Waals surface area contributed by atoms with Crippen LogP contribution >= 0.6 is 0 Å². The summed E-state index contributed by atoms with van der Waals surface area (Å²) in [6.45, 7) is 0.687. The standard InChI is InChI=1S/C8H8B2N2O4/c13-7-5(1-3-15-9-7)11-12-6-2-4-16-10-8(6)14/h1-2,9-10H,3-4H2. The molecule has 2 aliphatic heterocycles. The van der Waals surface area contributed by atoms with Crippen molar-refractivity contribution < 1.29 is 18.9 Å². The molecule has 0 fully saturated rings. The van der Waals surface area contributed by atoms with E-state index in [2.05, 4.69) is 10.2 Å². The van der Waals surface area contributed by atoms with Crippen LogP contribution in [0, 0.1) is 0 Å². The van der Waals surface area contributed by atoms with Gasteiger partial charge in [0.2, 0.25) is 0 Å². The molecule has 6 nitrogen and oxygen atoms in total. The lowest BCUT2D eigenvalue weighted by Gasteiger charge is -2.08. The summed E-state index contributed by atoms with van der Waals surface area (Å²) in [6.07, 6.45) is 3.08. The molecule has 16 heavy (non-hydrogen) atoms. The number of hydrogen-bond donors (Lipinski definition) is 0. The minimum Gasteiger partial charge on any atom is -0.427 e. The van der Waals surface area contributed by atoms with Gasteiger partial charge >= 0.3 is 15.0 Å². The highest BCUT2D eigenvalue weighted by Gasteiger charge is 2.18. The molecule has 0 amide bonds. The first-order valence-electron chi connectivity index (χ1n) is 4.81. The zero-order chi connectivity index (χ0) is 11.4. The summed E-state index contributed by atoms with van der Waals surface area (Å²) >= 11 is 0. The summed E-state index contributed by atoms with van der Waals surface area (Å²) < 4.78 is 9.79. The molecule has 2 aliphatic rings. The van der Waals surface area contributed by atoms with Crippen LogP contribution in [0.5, 0.6) is 0 Å². The van der Waals surface area contributed by atoms with Gasteiger partial charge in [0.15, 0.2) is 11.4 Å². The van der Waals surface area contributed by atoms with Crippen LogP contribution in [-0.2, 0) is 18.9 Å². The van der Waals surface area contributed by atoms with E-state index >= 15 is 0 Å². The SMILES string of the molecule is O=C1BOCC=C1N=NC1=CCOBC1=O. The third-order valence-electron chi connectivity index (χ3n) is 2.09. The molecular formula is C8H8B2N2O4. The minimum absolute atomic E-state index is 0.0148. The summed E-state index contributed by atoms with van der Waals surface area (Å²) in [5, 5.41) is 7.50. The fourth-order valence-corrected chi connectivity index (χ4v) is 1.26. The number of allylic oxidation sites excluding steroid dienone is 2. The molecule has 0 aromatic rings. The Morgan fingerprint density at radius 2 is 1.38 bits per heavy atom. The second-order valence-corrected chi connectivity index (χ2v) is 3.26. The van der Waals surface area contributed by atoms with E-state index in [0.717, 1.165) is 0 Å². The number of nitrogens with zero attached hydrogens (tertiary/aromatic N) is 2. The second-order valence-electron chi connectivity index (χ2n) is 3.26. The van der Waals surface area contributed by atoms with E-state index in [0.29, 0.717) is 13.2 Å². The van der Waals surface area contributed by atoms with E-state index < -0.39 is 0 Å². The minimum atomic E-state index is -0.227. The predicted octanol–water partition coefficient (Wildman–Crippen LogP) is -0.977.